The molecule has 1 aliphatic heterocycles. The van der Waals surface area contributed by atoms with Gasteiger partial charge in [0, 0.05) is 24.7 Å². The molecular formula is C19H25N4O2S+. The first-order valence-corrected chi connectivity index (χ1v) is 10.1. The zero-order valence-corrected chi connectivity index (χ0v) is 16.3. The van der Waals surface area contributed by atoms with Crippen LogP contribution in [0.2, 0.25) is 0 Å². The Kier molecular flexibility index (Phi) is 5.76. The topological polar surface area (TPSA) is 69.9 Å². The normalized spacial score (nSPS) is 15.5. The molecule has 3 rings (SSSR count). The van der Waals surface area contributed by atoms with Gasteiger partial charge in [0.25, 0.3) is 6.17 Å². The van der Waals surface area contributed by atoms with Gasteiger partial charge in [0.1, 0.15) is 0 Å². The molecule has 0 fully saturated rings. The summed E-state index contributed by atoms with van der Waals surface area (Å²) < 4.78 is 1.68. The number of aromatic nitrogens is 3. The summed E-state index contributed by atoms with van der Waals surface area (Å²) in [5.41, 5.74) is 1.81. The minimum absolute atomic E-state index is 0.0704. The summed E-state index contributed by atoms with van der Waals surface area (Å²) in [6, 6.07) is 7.47. The molecule has 1 aliphatic rings. The number of carbonyl (C=O) groups excluding carboxylic acids is 1. The van der Waals surface area contributed by atoms with Crippen LogP contribution < -0.4 is 15.1 Å². The second-order valence-corrected chi connectivity index (χ2v) is 7.58. The quantitative estimate of drug-likeness (QED) is 0.479. The van der Waals surface area contributed by atoms with Crippen molar-refractivity contribution in [2.75, 3.05) is 10.7 Å². The number of fused-ring (bicyclic) bond motifs is 3. The van der Waals surface area contributed by atoms with Crippen molar-refractivity contribution in [1.29, 1.82) is 0 Å². The molecule has 1 aromatic carbocycles. The molecule has 0 spiro atoms. The van der Waals surface area contributed by atoms with Crippen LogP contribution in [0.3, 0.4) is 0 Å². The highest BCUT2D eigenvalue weighted by molar-refractivity contribution is 7.99. The minimum Gasteiger partial charge on any atom is -0.291 e. The van der Waals surface area contributed by atoms with Gasteiger partial charge in [0.05, 0.1) is 11.3 Å². The van der Waals surface area contributed by atoms with Gasteiger partial charge in [0.2, 0.25) is 11.1 Å². The molecular weight excluding hydrogens is 348 g/mol. The number of nitrogens with zero attached hydrogens (tertiary/aromatic N) is 3. The number of hydrogen-bond acceptors (Lipinski definition) is 4. The Bertz CT molecular complexity index is 865. The molecule has 0 saturated heterocycles. The fraction of sp³-hybridized carbons (Fsp3) is 0.474. The molecule has 7 heteroatoms. The van der Waals surface area contributed by atoms with Gasteiger partial charge in [-0.3, -0.25) is 19.5 Å². The Morgan fingerprint density at radius 1 is 1.31 bits per heavy atom. The Morgan fingerprint density at radius 2 is 2.08 bits per heavy atom. The first kappa shape index (κ1) is 18.6. The van der Waals surface area contributed by atoms with Gasteiger partial charge in [-0.05, 0) is 18.6 Å². The highest BCUT2D eigenvalue weighted by Crippen LogP contribution is 2.34. The van der Waals surface area contributed by atoms with E-state index in [0.29, 0.717) is 10.9 Å². The molecule has 6 nitrogen and oxygen atoms in total. The predicted molar refractivity (Wildman–Crippen MR) is 103 cm³/mol. The zero-order valence-electron chi connectivity index (χ0n) is 15.5. The lowest BCUT2D eigenvalue weighted by Gasteiger charge is -2.29. The van der Waals surface area contributed by atoms with Crippen LogP contribution in [0.1, 0.15) is 52.6 Å². The lowest BCUT2D eigenvalue weighted by atomic mass is 10.1. The number of carbonyl (C=O) groups is 1. The smallest absolute Gasteiger partial charge is 0.291 e. The number of hydrogen-bond donors (Lipinski definition) is 1. The molecule has 1 unspecified atom stereocenters. The van der Waals surface area contributed by atoms with E-state index in [-0.39, 0.29) is 17.6 Å². The number of benzene rings is 1. The monoisotopic (exact) mass is 373 g/mol. The first-order chi connectivity index (χ1) is 12.5. The Labute approximate surface area is 157 Å². The summed E-state index contributed by atoms with van der Waals surface area (Å²) >= 11 is 1.56. The zero-order chi connectivity index (χ0) is 18.7. The fourth-order valence-electron chi connectivity index (χ4n) is 3.34. The maximum Gasteiger partial charge on any atom is 0.325 e. The number of nitrogens with one attached hydrogen (secondary N) is 1. The highest BCUT2D eigenvalue weighted by Gasteiger charge is 2.40. The predicted octanol–water partition coefficient (Wildman–Crippen LogP) is 3.28. The second kappa shape index (κ2) is 8.03. The van der Waals surface area contributed by atoms with E-state index < -0.39 is 0 Å². The lowest BCUT2D eigenvalue weighted by molar-refractivity contribution is -0.768. The maximum atomic E-state index is 12.8. The van der Waals surface area contributed by atoms with Crippen LogP contribution in [0.5, 0.6) is 0 Å². The van der Waals surface area contributed by atoms with Crippen LogP contribution in [0.25, 0.3) is 11.3 Å². The third kappa shape index (κ3) is 3.53. The van der Waals surface area contributed by atoms with E-state index in [1.54, 1.807) is 21.3 Å². The summed E-state index contributed by atoms with van der Waals surface area (Å²) in [7, 11) is 0. The number of anilines is 1. The molecule has 26 heavy (non-hydrogen) atoms. The molecule has 0 aliphatic carbocycles. The fourth-order valence-corrected chi connectivity index (χ4v) is 4.19. The van der Waals surface area contributed by atoms with Crippen LogP contribution in [0, 0.1) is 0 Å². The SMILES string of the molecule is CCCCCCSc1n[n+]2c(c(=O)[nH]1)-c1ccccc1N(C(C)=O)C2C. The van der Waals surface area contributed by atoms with Crippen molar-refractivity contribution >= 4 is 23.4 Å². The maximum absolute atomic E-state index is 12.8. The van der Waals surface area contributed by atoms with E-state index in [9.17, 15) is 9.59 Å². The molecule has 0 saturated carbocycles. The average Bonchev–Trinajstić information content (AvgIpc) is 2.61. The van der Waals surface area contributed by atoms with Crippen molar-refractivity contribution in [2.24, 2.45) is 0 Å². The molecule has 138 valence electrons. The van der Waals surface area contributed by atoms with E-state index in [1.807, 2.05) is 31.2 Å². The van der Waals surface area contributed by atoms with Gasteiger partial charge in [-0.1, -0.05) is 54.8 Å². The summed E-state index contributed by atoms with van der Waals surface area (Å²) in [6.45, 7) is 5.62. The van der Waals surface area contributed by atoms with Gasteiger partial charge in [0.15, 0.2) is 0 Å². The Balaban J connectivity index is 1.96. The molecule has 0 radical (unpaired) electrons. The van der Waals surface area contributed by atoms with Crippen LogP contribution in [0.15, 0.2) is 34.2 Å². The van der Waals surface area contributed by atoms with Gasteiger partial charge >= 0.3 is 11.3 Å². The van der Waals surface area contributed by atoms with Crippen molar-refractivity contribution in [3.63, 3.8) is 0 Å². The second-order valence-electron chi connectivity index (χ2n) is 6.50. The molecule has 2 aromatic rings. The van der Waals surface area contributed by atoms with E-state index in [2.05, 4.69) is 17.0 Å². The van der Waals surface area contributed by atoms with Crippen LogP contribution >= 0.6 is 11.8 Å². The standard InChI is InChI=1S/C19H24N4O2S/c1-4-5-6-9-12-26-19-20-18(25)17-15-10-7-8-11-16(15)22(14(3)24)13(2)23(17)21-19/h7-8,10-11,13H,4-6,9,12H2,1-3H3/p+1. The van der Waals surface area contributed by atoms with Crippen molar-refractivity contribution in [3.05, 3.63) is 34.6 Å². The number of rotatable bonds is 6. The van der Waals surface area contributed by atoms with Crippen molar-refractivity contribution in [1.82, 2.24) is 10.1 Å². The van der Waals surface area contributed by atoms with E-state index in [4.69, 9.17) is 0 Å². The summed E-state index contributed by atoms with van der Waals surface area (Å²) in [5, 5.41) is 5.24. The third-order valence-corrected chi connectivity index (χ3v) is 5.54. The van der Waals surface area contributed by atoms with Crippen molar-refractivity contribution in [3.8, 4) is 11.3 Å². The van der Waals surface area contributed by atoms with Crippen molar-refractivity contribution in [2.45, 2.75) is 57.8 Å². The number of aromatic amines is 1. The van der Waals surface area contributed by atoms with E-state index in [0.717, 1.165) is 23.4 Å². The molecule has 1 aromatic heterocycles. The van der Waals surface area contributed by atoms with Gasteiger partial charge in [-0.15, -0.1) is 0 Å². The van der Waals surface area contributed by atoms with Crippen LogP contribution in [-0.2, 0) is 4.79 Å². The number of amides is 1. The number of para-hydroxylation sites is 1. The van der Waals surface area contributed by atoms with Gasteiger partial charge in [-0.2, -0.15) is 0 Å². The summed E-state index contributed by atoms with van der Waals surface area (Å²) in [4.78, 5) is 29.6. The van der Waals surface area contributed by atoms with Gasteiger partial charge < -0.3 is 0 Å². The van der Waals surface area contributed by atoms with E-state index in [1.165, 1.54) is 26.2 Å². The van der Waals surface area contributed by atoms with Crippen molar-refractivity contribution < 1.29 is 9.48 Å². The largest absolute Gasteiger partial charge is 0.325 e. The molecule has 1 atom stereocenters. The Morgan fingerprint density at radius 3 is 2.81 bits per heavy atom. The summed E-state index contributed by atoms with van der Waals surface area (Å²) in [6.07, 6.45) is 4.37. The Hall–Kier alpha value is -2.15. The molecule has 1 amide bonds. The molecule has 2 heterocycles. The number of H-pyrrole nitrogens is 1. The molecule has 1 N–H and O–H groups in total. The van der Waals surface area contributed by atoms with Crippen LogP contribution in [0.4, 0.5) is 5.69 Å². The minimum atomic E-state index is -0.348. The van der Waals surface area contributed by atoms with Crippen LogP contribution in [-0.4, -0.2) is 21.7 Å². The number of unbranched alkanes of at least 4 members (excludes halogenated alkanes) is 3. The van der Waals surface area contributed by atoms with Gasteiger partial charge in [-0.25, -0.2) is 0 Å². The first-order valence-electron chi connectivity index (χ1n) is 9.12. The molecule has 0 bridgehead atoms. The summed E-state index contributed by atoms with van der Waals surface area (Å²) in [5.74, 6) is 0.850. The highest BCUT2D eigenvalue weighted by atomic mass is 32.2. The lowest BCUT2D eigenvalue weighted by Crippen LogP contribution is -2.59. The van der Waals surface area contributed by atoms with E-state index >= 15 is 0 Å². The average molecular weight is 374 g/mol. The number of thioether (sulfide) groups is 1. The third-order valence-electron chi connectivity index (χ3n) is 4.59.